The molecule has 1 saturated heterocycles. The van der Waals surface area contributed by atoms with E-state index in [0.29, 0.717) is 5.69 Å². The van der Waals surface area contributed by atoms with Crippen LogP contribution < -0.4 is 15.0 Å². The van der Waals surface area contributed by atoms with Crippen LogP contribution in [0.5, 0.6) is 5.75 Å². The molecule has 0 spiro atoms. The zero-order valence-electron chi connectivity index (χ0n) is 10.9. The Morgan fingerprint density at radius 3 is 2.62 bits per heavy atom. The summed E-state index contributed by atoms with van der Waals surface area (Å²) in [5.74, 6) is -0.117. The number of aliphatic hydroxyl groups excluding tert-OH is 2. The van der Waals surface area contributed by atoms with Crippen molar-refractivity contribution in [1.29, 1.82) is 0 Å². The van der Waals surface area contributed by atoms with E-state index in [0.717, 1.165) is 0 Å². The number of nitro benzene ring substituents is 1. The van der Waals surface area contributed by atoms with E-state index in [1.165, 1.54) is 17.0 Å². The molecule has 3 N–H and O–H groups in total. The number of hydrogen-bond donors (Lipinski definition) is 3. The summed E-state index contributed by atoms with van der Waals surface area (Å²) in [5.41, 5.74) is 0.356. The average molecular weight is 295 g/mol. The Morgan fingerprint density at radius 1 is 1.33 bits per heavy atom. The highest BCUT2D eigenvalue weighted by molar-refractivity contribution is 5.97. The summed E-state index contributed by atoms with van der Waals surface area (Å²) in [6.45, 7) is -0.0319. The molecular weight excluding hydrogens is 282 g/mol. The fraction of sp³-hybridized carbons (Fsp3) is 0.417. The summed E-state index contributed by atoms with van der Waals surface area (Å²) in [6, 6.07) is 2.66. The van der Waals surface area contributed by atoms with E-state index < -0.39 is 17.1 Å². The van der Waals surface area contributed by atoms with Crippen molar-refractivity contribution >= 4 is 23.0 Å². The van der Waals surface area contributed by atoms with Crippen molar-refractivity contribution in [3.05, 3.63) is 22.2 Å². The average Bonchev–Trinajstić information content (AvgIpc) is 2.77. The monoisotopic (exact) mass is 295 g/mol. The number of nitrogens with zero attached hydrogens (tertiary/aromatic N) is 2. The predicted molar refractivity (Wildman–Crippen MR) is 71.4 cm³/mol. The number of rotatable bonds is 2. The molecule has 2 aliphatic heterocycles. The van der Waals surface area contributed by atoms with E-state index in [1.807, 2.05) is 0 Å². The molecule has 2 heterocycles. The molecule has 9 nitrogen and oxygen atoms in total. The highest BCUT2D eigenvalue weighted by Gasteiger charge is 2.34. The minimum Gasteiger partial charge on any atom is -0.481 e. The van der Waals surface area contributed by atoms with Crippen LogP contribution in [0.1, 0.15) is 0 Å². The third-order valence-corrected chi connectivity index (χ3v) is 3.51. The van der Waals surface area contributed by atoms with Crippen molar-refractivity contribution < 1.29 is 24.7 Å². The van der Waals surface area contributed by atoms with E-state index in [-0.39, 0.29) is 42.7 Å². The lowest BCUT2D eigenvalue weighted by Crippen LogP contribution is -2.27. The number of carbonyl (C=O) groups is 1. The molecular formula is C12H13N3O6. The number of carbonyl (C=O) groups excluding carboxylic acids is 1. The number of fused-ring (bicyclic) bond motifs is 1. The molecule has 0 saturated carbocycles. The number of hydrogen-bond acceptors (Lipinski definition) is 7. The van der Waals surface area contributed by atoms with E-state index in [1.54, 1.807) is 0 Å². The van der Waals surface area contributed by atoms with Gasteiger partial charge in [-0.05, 0) is 6.07 Å². The van der Waals surface area contributed by atoms with Gasteiger partial charge in [-0.1, -0.05) is 0 Å². The third-order valence-electron chi connectivity index (χ3n) is 3.51. The van der Waals surface area contributed by atoms with Crippen LogP contribution in [0.4, 0.5) is 17.1 Å². The van der Waals surface area contributed by atoms with E-state index in [4.69, 9.17) is 4.74 Å². The second-order valence-corrected chi connectivity index (χ2v) is 4.97. The maximum absolute atomic E-state index is 11.3. The number of ether oxygens (including phenoxy) is 1. The van der Waals surface area contributed by atoms with E-state index in [2.05, 4.69) is 5.32 Å². The lowest BCUT2D eigenvalue weighted by molar-refractivity contribution is -0.384. The van der Waals surface area contributed by atoms with Crippen molar-refractivity contribution in [3.8, 4) is 5.75 Å². The Kier molecular flexibility index (Phi) is 3.15. The molecule has 3 rings (SSSR count). The van der Waals surface area contributed by atoms with E-state index in [9.17, 15) is 25.1 Å². The molecule has 0 bridgehead atoms. The first kappa shape index (κ1) is 13.6. The van der Waals surface area contributed by atoms with Crippen LogP contribution in [-0.2, 0) is 4.79 Å². The maximum Gasteiger partial charge on any atom is 0.296 e. The maximum atomic E-state index is 11.3. The van der Waals surface area contributed by atoms with Gasteiger partial charge in [0.1, 0.15) is 5.69 Å². The van der Waals surface area contributed by atoms with E-state index >= 15 is 0 Å². The van der Waals surface area contributed by atoms with Crippen LogP contribution in [0, 0.1) is 10.1 Å². The second-order valence-electron chi connectivity index (χ2n) is 4.97. The number of nitrogens with one attached hydrogen (secondary N) is 1. The molecule has 21 heavy (non-hydrogen) atoms. The summed E-state index contributed by atoms with van der Waals surface area (Å²) >= 11 is 0. The molecule has 9 heteroatoms. The van der Waals surface area contributed by atoms with Crippen LogP contribution in [0.2, 0.25) is 0 Å². The summed E-state index contributed by atoms with van der Waals surface area (Å²) in [4.78, 5) is 23.5. The molecule has 0 radical (unpaired) electrons. The van der Waals surface area contributed by atoms with Crippen LogP contribution in [0.15, 0.2) is 12.1 Å². The SMILES string of the molecule is O=C1COc2cc([N+](=O)[O-])c(N3CC(O)C(O)C3)cc2N1. The van der Waals surface area contributed by atoms with Gasteiger partial charge in [-0.2, -0.15) is 0 Å². The molecule has 2 atom stereocenters. The van der Waals surface area contributed by atoms with Crippen molar-refractivity contribution in [1.82, 2.24) is 0 Å². The molecule has 1 aromatic carbocycles. The zero-order chi connectivity index (χ0) is 15.1. The normalized spacial score (nSPS) is 24.3. The second kappa shape index (κ2) is 4.86. The number of amides is 1. The highest BCUT2D eigenvalue weighted by Crippen LogP contribution is 2.40. The molecule has 1 amide bonds. The van der Waals surface area contributed by atoms with Crippen molar-refractivity contribution in [2.75, 3.05) is 29.9 Å². The summed E-state index contributed by atoms with van der Waals surface area (Å²) in [6.07, 6.45) is -1.93. The summed E-state index contributed by atoms with van der Waals surface area (Å²) < 4.78 is 5.15. The number of aliphatic hydroxyl groups is 2. The van der Waals surface area contributed by atoms with Gasteiger partial charge in [-0.3, -0.25) is 14.9 Å². The number of β-amino-alcohol motifs (C(OH)–C–C–N with tert-alkyl or cyclic N) is 2. The molecule has 1 aromatic rings. The molecule has 2 aliphatic rings. The summed E-state index contributed by atoms with van der Waals surface area (Å²) in [7, 11) is 0. The molecule has 0 aromatic heterocycles. The first-order valence-electron chi connectivity index (χ1n) is 6.32. The van der Waals surface area contributed by atoms with Crippen LogP contribution >= 0.6 is 0 Å². The highest BCUT2D eigenvalue weighted by atomic mass is 16.6. The Bertz CT molecular complexity index is 609. The van der Waals surface area contributed by atoms with Crippen LogP contribution in [0.25, 0.3) is 0 Å². The lowest BCUT2D eigenvalue weighted by Gasteiger charge is -2.22. The van der Waals surface area contributed by atoms with Crippen LogP contribution in [0.3, 0.4) is 0 Å². The van der Waals surface area contributed by atoms with Gasteiger partial charge in [0.25, 0.3) is 11.6 Å². The summed E-state index contributed by atoms with van der Waals surface area (Å²) in [5, 5.41) is 32.9. The van der Waals surface area contributed by atoms with Gasteiger partial charge < -0.3 is 25.2 Å². The molecule has 0 aliphatic carbocycles. The Morgan fingerprint density at radius 2 is 2.00 bits per heavy atom. The first-order valence-corrected chi connectivity index (χ1v) is 6.32. The topological polar surface area (TPSA) is 125 Å². The molecule has 112 valence electrons. The Balaban J connectivity index is 2.04. The fourth-order valence-electron chi connectivity index (χ4n) is 2.47. The van der Waals surface area contributed by atoms with Gasteiger partial charge in [0.05, 0.1) is 28.9 Å². The zero-order valence-corrected chi connectivity index (χ0v) is 10.9. The lowest BCUT2D eigenvalue weighted by atomic mass is 10.2. The first-order chi connectivity index (χ1) is 9.95. The fourth-order valence-corrected chi connectivity index (χ4v) is 2.47. The molecule has 2 unspecified atom stereocenters. The van der Waals surface area contributed by atoms with Crippen molar-refractivity contribution in [2.24, 2.45) is 0 Å². The van der Waals surface area contributed by atoms with Gasteiger partial charge in [0.15, 0.2) is 12.4 Å². The van der Waals surface area contributed by atoms with Gasteiger partial charge in [0.2, 0.25) is 0 Å². The van der Waals surface area contributed by atoms with Gasteiger partial charge in [-0.25, -0.2) is 0 Å². The van der Waals surface area contributed by atoms with Crippen LogP contribution in [-0.4, -0.2) is 52.9 Å². The standard InChI is InChI=1S/C12H13N3O6/c16-9-3-14(4-10(9)17)7-1-6-11(2-8(7)15(19)20)21-5-12(18)13-6/h1-2,9-10,16-17H,3-5H2,(H,13,18). The quantitative estimate of drug-likeness (QED) is 0.494. The largest absolute Gasteiger partial charge is 0.481 e. The predicted octanol–water partition coefficient (Wildman–Crippen LogP) is -0.533. The Hall–Kier alpha value is -2.39. The van der Waals surface area contributed by atoms with Gasteiger partial charge >= 0.3 is 0 Å². The van der Waals surface area contributed by atoms with Gasteiger partial charge in [-0.15, -0.1) is 0 Å². The third kappa shape index (κ3) is 2.36. The van der Waals surface area contributed by atoms with Crippen molar-refractivity contribution in [3.63, 3.8) is 0 Å². The molecule has 1 fully saturated rings. The Labute approximate surface area is 118 Å². The number of anilines is 2. The van der Waals surface area contributed by atoms with Gasteiger partial charge in [0, 0.05) is 13.1 Å². The number of nitro groups is 1. The minimum atomic E-state index is -0.966. The number of benzene rings is 1. The van der Waals surface area contributed by atoms with Crippen molar-refractivity contribution in [2.45, 2.75) is 12.2 Å². The smallest absolute Gasteiger partial charge is 0.296 e. The minimum absolute atomic E-state index is 0.0790.